The molecule has 42 heavy (non-hydrogen) atoms. The standard InChI is InChI=1S/C27H32N10O5/c28-20(6-16-4-2-1-3-5-16)24(38)35-21(7-17-10-29-13-32-17)25(39)36-22(8-18-11-30-14-33-18)26(40)37-23(27(41)42)9-19-12-31-15-34-19/h1-5,10-15,20-23H,6-9,28H2,(H,29,32)(H,30,33)(H,31,34)(H,35,38)(H,36,39)(H,37,40)(H,41,42). The molecule has 0 saturated heterocycles. The van der Waals surface area contributed by atoms with Gasteiger partial charge >= 0.3 is 5.97 Å². The van der Waals surface area contributed by atoms with Gasteiger partial charge in [0.1, 0.15) is 18.1 Å². The third-order valence-electron chi connectivity index (χ3n) is 6.45. The number of H-pyrrole nitrogens is 3. The zero-order valence-corrected chi connectivity index (χ0v) is 22.5. The molecule has 4 atom stereocenters. The zero-order chi connectivity index (χ0) is 29.9. The van der Waals surface area contributed by atoms with Gasteiger partial charge in [-0.2, -0.15) is 0 Å². The van der Waals surface area contributed by atoms with Gasteiger partial charge in [0.15, 0.2) is 0 Å². The van der Waals surface area contributed by atoms with Gasteiger partial charge in [-0.3, -0.25) is 14.4 Å². The molecule has 15 heteroatoms. The number of carboxylic acids is 1. The molecule has 4 rings (SSSR count). The van der Waals surface area contributed by atoms with Crippen LogP contribution >= 0.6 is 0 Å². The molecule has 3 aromatic heterocycles. The van der Waals surface area contributed by atoms with Gasteiger partial charge in [-0.1, -0.05) is 30.3 Å². The minimum Gasteiger partial charge on any atom is -0.480 e. The number of aromatic nitrogens is 6. The zero-order valence-electron chi connectivity index (χ0n) is 22.5. The molecule has 0 aliphatic rings. The van der Waals surface area contributed by atoms with Crippen LogP contribution in [0.25, 0.3) is 0 Å². The summed E-state index contributed by atoms with van der Waals surface area (Å²) in [5, 5.41) is 17.5. The number of imidazole rings is 3. The molecule has 0 aliphatic heterocycles. The number of amides is 3. The van der Waals surface area contributed by atoms with Crippen LogP contribution in [-0.2, 0) is 44.9 Å². The summed E-state index contributed by atoms with van der Waals surface area (Å²) < 4.78 is 0. The predicted octanol–water partition coefficient (Wildman–Crippen LogP) is -1.01. The van der Waals surface area contributed by atoms with E-state index in [1.165, 1.54) is 37.6 Å². The summed E-state index contributed by atoms with van der Waals surface area (Å²) in [5.74, 6) is -3.23. The van der Waals surface area contributed by atoms with Crippen LogP contribution in [0.3, 0.4) is 0 Å². The summed E-state index contributed by atoms with van der Waals surface area (Å²) in [6.45, 7) is 0. The van der Waals surface area contributed by atoms with E-state index in [0.717, 1.165) is 5.56 Å². The molecule has 0 spiro atoms. The van der Waals surface area contributed by atoms with Crippen molar-refractivity contribution in [3.8, 4) is 0 Å². The maximum atomic E-state index is 13.6. The number of hydrogen-bond donors (Lipinski definition) is 8. The smallest absolute Gasteiger partial charge is 0.326 e. The Morgan fingerprint density at radius 3 is 1.52 bits per heavy atom. The van der Waals surface area contributed by atoms with E-state index in [9.17, 15) is 24.3 Å². The first-order chi connectivity index (χ1) is 20.3. The summed E-state index contributed by atoms with van der Waals surface area (Å²) >= 11 is 0. The first-order valence-electron chi connectivity index (χ1n) is 13.1. The number of benzene rings is 1. The Morgan fingerprint density at radius 2 is 1.10 bits per heavy atom. The van der Waals surface area contributed by atoms with Crippen LogP contribution in [0.4, 0.5) is 0 Å². The molecule has 220 valence electrons. The van der Waals surface area contributed by atoms with E-state index >= 15 is 0 Å². The molecule has 0 bridgehead atoms. The topological polar surface area (TPSA) is 237 Å². The molecule has 0 radical (unpaired) electrons. The maximum Gasteiger partial charge on any atom is 0.326 e. The fourth-order valence-corrected chi connectivity index (χ4v) is 4.25. The van der Waals surface area contributed by atoms with Crippen molar-refractivity contribution in [3.05, 3.63) is 90.5 Å². The lowest BCUT2D eigenvalue weighted by Gasteiger charge is -2.25. The van der Waals surface area contributed by atoms with Crippen molar-refractivity contribution < 1.29 is 24.3 Å². The molecule has 4 aromatic rings. The quantitative estimate of drug-likeness (QED) is 0.0864. The van der Waals surface area contributed by atoms with E-state index in [0.29, 0.717) is 17.1 Å². The van der Waals surface area contributed by atoms with Crippen molar-refractivity contribution in [3.63, 3.8) is 0 Å². The van der Waals surface area contributed by atoms with Crippen LogP contribution < -0.4 is 21.7 Å². The first-order valence-corrected chi connectivity index (χ1v) is 13.1. The highest BCUT2D eigenvalue weighted by molar-refractivity contribution is 5.94. The molecule has 0 fully saturated rings. The highest BCUT2D eigenvalue weighted by Crippen LogP contribution is 2.07. The Kier molecular flexibility index (Phi) is 10.1. The van der Waals surface area contributed by atoms with E-state index in [1.54, 1.807) is 0 Å². The van der Waals surface area contributed by atoms with Crippen LogP contribution in [-0.4, -0.2) is 82.9 Å². The number of nitrogens with one attached hydrogen (secondary N) is 6. The minimum absolute atomic E-state index is 0.0216. The lowest BCUT2D eigenvalue weighted by Crippen LogP contribution is -2.58. The molecule has 9 N–H and O–H groups in total. The number of nitrogens with two attached hydrogens (primary N) is 1. The van der Waals surface area contributed by atoms with Crippen molar-refractivity contribution in [2.45, 2.75) is 49.9 Å². The molecule has 3 amide bonds. The molecular formula is C27H32N10O5. The summed E-state index contributed by atoms with van der Waals surface area (Å²) in [4.78, 5) is 72.2. The van der Waals surface area contributed by atoms with Gasteiger partial charge in [0.2, 0.25) is 17.7 Å². The van der Waals surface area contributed by atoms with Gasteiger partial charge in [0, 0.05) is 54.9 Å². The number of hydrogen-bond acceptors (Lipinski definition) is 8. The van der Waals surface area contributed by atoms with Gasteiger partial charge in [-0.25, -0.2) is 19.7 Å². The highest BCUT2D eigenvalue weighted by atomic mass is 16.4. The van der Waals surface area contributed by atoms with Crippen LogP contribution in [0.1, 0.15) is 22.6 Å². The third kappa shape index (κ3) is 8.59. The Balaban J connectivity index is 1.49. The predicted molar refractivity (Wildman–Crippen MR) is 148 cm³/mol. The lowest BCUT2D eigenvalue weighted by atomic mass is 10.0. The fraction of sp³-hybridized carbons (Fsp3) is 0.296. The van der Waals surface area contributed by atoms with Gasteiger partial charge < -0.3 is 41.7 Å². The van der Waals surface area contributed by atoms with E-state index in [-0.39, 0.29) is 25.7 Å². The summed E-state index contributed by atoms with van der Waals surface area (Å²) in [6.07, 6.45) is 8.92. The Hall–Kier alpha value is -5.31. The van der Waals surface area contributed by atoms with E-state index in [1.807, 2.05) is 30.3 Å². The van der Waals surface area contributed by atoms with Crippen molar-refractivity contribution in [2.75, 3.05) is 0 Å². The van der Waals surface area contributed by atoms with Crippen molar-refractivity contribution in [2.24, 2.45) is 5.73 Å². The van der Waals surface area contributed by atoms with E-state index < -0.39 is 47.9 Å². The van der Waals surface area contributed by atoms with E-state index in [4.69, 9.17) is 5.73 Å². The summed E-state index contributed by atoms with van der Waals surface area (Å²) in [6, 6.07) is 4.65. The van der Waals surface area contributed by atoms with Crippen molar-refractivity contribution in [1.82, 2.24) is 45.9 Å². The normalized spacial score (nSPS) is 13.8. The second-order valence-electron chi connectivity index (χ2n) is 9.66. The Labute approximate surface area is 240 Å². The number of rotatable bonds is 15. The average molecular weight is 577 g/mol. The number of aliphatic carboxylic acids is 1. The van der Waals surface area contributed by atoms with Crippen LogP contribution in [0, 0.1) is 0 Å². The number of carbonyl (C=O) groups excluding carboxylic acids is 3. The summed E-state index contributed by atoms with van der Waals surface area (Å²) in [5.41, 5.74) is 8.59. The average Bonchev–Trinajstić information content (AvgIpc) is 3.77. The fourth-order valence-electron chi connectivity index (χ4n) is 4.25. The van der Waals surface area contributed by atoms with E-state index in [2.05, 4.69) is 45.9 Å². The molecule has 4 unspecified atom stereocenters. The minimum atomic E-state index is -1.30. The number of nitrogens with zero attached hydrogens (tertiary/aromatic N) is 3. The summed E-state index contributed by atoms with van der Waals surface area (Å²) in [7, 11) is 0. The molecule has 1 aromatic carbocycles. The third-order valence-corrected chi connectivity index (χ3v) is 6.45. The van der Waals surface area contributed by atoms with Gasteiger partial charge in [-0.05, 0) is 12.0 Å². The van der Waals surface area contributed by atoms with Gasteiger partial charge in [0.25, 0.3) is 0 Å². The van der Waals surface area contributed by atoms with Gasteiger partial charge in [0.05, 0.1) is 25.0 Å². The SMILES string of the molecule is NC(Cc1ccccc1)C(=O)NC(Cc1cnc[nH]1)C(=O)NC(Cc1cnc[nH]1)C(=O)NC(Cc1cnc[nH]1)C(=O)O. The van der Waals surface area contributed by atoms with Crippen LogP contribution in [0.5, 0.6) is 0 Å². The van der Waals surface area contributed by atoms with Crippen LogP contribution in [0.2, 0.25) is 0 Å². The van der Waals surface area contributed by atoms with Gasteiger partial charge in [-0.15, -0.1) is 0 Å². The molecule has 0 saturated carbocycles. The maximum absolute atomic E-state index is 13.6. The Morgan fingerprint density at radius 1 is 0.667 bits per heavy atom. The second kappa shape index (κ2) is 14.4. The molecule has 0 aliphatic carbocycles. The molecule has 15 nitrogen and oxygen atoms in total. The highest BCUT2D eigenvalue weighted by Gasteiger charge is 2.31. The van der Waals surface area contributed by atoms with Crippen molar-refractivity contribution in [1.29, 1.82) is 0 Å². The molecular weight excluding hydrogens is 544 g/mol. The first kappa shape index (κ1) is 29.7. The number of aromatic amines is 3. The molecule has 3 heterocycles. The largest absolute Gasteiger partial charge is 0.480 e. The number of carbonyl (C=O) groups is 4. The lowest BCUT2D eigenvalue weighted by molar-refractivity contribution is -0.142. The second-order valence-corrected chi connectivity index (χ2v) is 9.66. The van der Waals surface area contributed by atoms with Crippen LogP contribution in [0.15, 0.2) is 67.9 Å². The number of carboxylic acid groups (broad SMARTS) is 1. The monoisotopic (exact) mass is 576 g/mol. The Bertz CT molecular complexity index is 1430. The van der Waals surface area contributed by atoms with Crippen molar-refractivity contribution >= 4 is 23.7 Å².